The van der Waals surface area contributed by atoms with Crippen LogP contribution in [0.25, 0.3) is 0 Å². The molecule has 2 aliphatic heterocycles. The number of nitrogens with zero attached hydrogens (tertiary/aromatic N) is 3. The van der Waals surface area contributed by atoms with Gasteiger partial charge in [0.25, 0.3) is 0 Å². The van der Waals surface area contributed by atoms with Gasteiger partial charge in [0.2, 0.25) is 5.91 Å². The van der Waals surface area contributed by atoms with Crippen LogP contribution in [0.3, 0.4) is 0 Å². The fourth-order valence-electron chi connectivity index (χ4n) is 2.68. The predicted molar refractivity (Wildman–Crippen MR) is 82.7 cm³/mol. The Hall–Kier alpha value is -2.70. The summed E-state index contributed by atoms with van der Waals surface area (Å²) in [5.74, 6) is -0.335. The molecule has 5 nitrogen and oxygen atoms in total. The van der Waals surface area contributed by atoms with Crippen molar-refractivity contribution in [3.05, 3.63) is 57.4 Å². The quantitative estimate of drug-likeness (QED) is 0.857. The number of hydrogen-bond donors (Lipinski definition) is 1. The molecule has 1 saturated heterocycles. The van der Waals surface area contributed by atoms with Crippen LogP contribution in [0.4, 0.5) is 0 Å². The number of nitriles is 2. The lowest BCUT2D eigenvalue weighted by atomic mass is 9.83. The van der Waals surface area contributed by atoms with E-state index in [1.807, 2.05) is 31.2 Å². The second-order valence-electron chi connectivity index (χ2n) is 5.10. The van der Waals surface area contributed by atoms with Gasteiger partial charge in [-0.15, -0.1) is 0 Å². The fourth-order valence-corrected chi connectivity index (χ4v) is 3.71. The standard InChI is InChI=1S/C16H12N4OS/c1-9-2-4-10(5-3-9)14-11(6-17)15(19)20-13(21)8-22-16(20)12(14)7-18/h2-5,14H,8,19H2,1H3. The van der Waals surface area contributed by atoms with E-state index in [1.54, 1.807) is 0 Å². The monoisotopic (exact) mass is 308 g/mol. The number of carbonyl (C=O) groups excluding carboxylic acids is 1. The predicted octanol–water partition coefficient (Wildman–Crippen LogP) is 2.10. The minimum atomic E-state index is -0.514. The molecular weight excluding hydrogens is 296 g/mol. The minimum Gasteiger partial charge on any atom is -0.384 e. The first-order valence-corrected chi connectivity index (χ1v) is 7.63. The van der Waals surface area contributed by atoms with Crippen molar-refractivity contribution in [2.75, 3.05) is 5.75 Å². The summed E-state index contributed by atoms with van der Waals surface area (Å²) in [7, 11) is 0. The molecule has 0 radical (unpaired) electrons. The molecule has 108 valence electrons. The van der Waals surface area contributed by atoms with E-state index in [0.29, 0.717) is 10.6 Å². The molecule has 1 aromatic carbocycles. The molecule has 1 unspecified atom stereocenters. The summed E-state index contributed by atoms with van der Waals surface area (Å²) in [4.78, 5) is 13.3. The molecule has 0 aliphatic carbocycles. The van der Waals surface area contributed by atoms with Crippen LogP contribution in [0, 0.1) is 29.6 Å². The Bertz CT molecular complexity index is 808. The van der Waals surface area contributed by atoms with Crippen LogP contribution < -0.4 is 5.73 Å². The van der Waals surface area contributed by atoms with Crippen LogP contribution in [-0.2, 0) is 4.79 Å². The van der Waals surface area contributed by atoms with Gasteiger partial charge >= 0.3 is 0 Å². The Balaban J connectivity index is 2.23. The van der Waals surface area contributed by atoms with Crippen molar-refractivity contribution >= 4 is 17.7 Å². The average Bonchev–Trinajstić information content (AvgIpc) is 2.90. The topological polar surface area (TPSA) is 93.9 Å². The molecular formula is C16H12N4OS. The summed E-state index contributed by atoms with van der Waals surface area (Å²) in [6, 6.07) is 11.9. The van der Waals surface area contributed by atoms with Gasteiger partial charge in [-0.1, -0.05) is 41.6 Å². The van der Waals surface area contributed by atoms with Gasteiger partial charge in [-0.2, -0.15) is 10.5 Å². The molecule has 1 atom stereocenters. The normalized spacial score (nSPS) is 20.8. The Labute approximate surface area is 132 Å². The van der Waals surface area contributed by atoms with Crippen LogP contribution >= 0.6 is 11.8 Å². The van der Waals surface area contributed by atoms with Crippen molar-refractivity contribution in [2.24, 2.45) is 5.73 Å². The molecule has 22 heavy (non-hydrogen) atoms. The maximum atomic E-state index is 12.0. The number of hydrogen-bond acceptors (Lipinski definition) is 5. The van der Waals surface area contributed by atoms with E-state index in [0.717, 1.165) is 11.1 Å². The lowest BCUT2D eigenvalue weighted by Crippen LogP contribution is -2.35. The summed E-state index contributed by atoms with van der Waals surface area (Å²) in [6.07, 6.45) is 0. The molecule has 1 fully saturated rings. The first-order chi connectivity index (χ1) is 10.6. The SMILES string of the molecule is Cc1ccc(C2C(C#N)=C(N)N3C(=O)CSC3=C2C#N)cc1. The van der Waals surface area contributed by atoms with Gasteiger partial charge in [-0.3, -0.25) is 9.69 Å². The molecule has 1 aromatic rings. The molecule has 0 bridgehead atoms. The van der Waals surface area contributed by atoms with Crippen molar-refractivity contribution in [1.29, 1.82) is 10.5 Å². The second-order valence-corrected chi connectivity index (χ2v) is 6.07. The van der Waals surface area contributed by atoms with E-state index in [2.05, 4.69) is 12.1 Å². The summed E-state index contributed by atoms with van der Waals surface area (Å²) >= 11 is 1.29. The zero-order valence-corrected chi connectivity index (χ0v) is 12.6. The summed E-state index contributed by atoms with van der Waals surface area (Å²) < 4.78 is 0. The van der Waals surface area contributed by atoms with Crippen molar-refractivity contribution < 1.29 is 4.79 Å². The van der Waals surface area contributed by atoms with E-state index >= 15 is 0 Å². The average molecular weight is 308 g/mol. The number of aryl methyl sites for hydroxylation is 1. The maximum absolute atomic E-state index is 12.0. The largest absolute Gasteiger partial charge is 0.384 e. The molecule has 2 aliphatic rings. The Morgan fingerprint density at radius 2 is 1.86 bits per heavy atom. The highest BCUT2D eigenvalue weighted by molar-refractivity contribution is 8.04. The molecule has 3 rings (SSSR count). The number of benzene rings is 1. The molecule has 1 amide bonds. The van der Waals surface area contributed by atoms with Gasteiger partial charge < -0.3 is 5.73 Å². The number of carbonyl (C=O) groups is 1. The minimum absolute atomic E-state index is 0.136. The van der Waals surface area contributed by atoms with Crippen molar-refractivity contribution in [3.8, 4) is 12.1 Å². The zero-order chi connectivity index (χ0) is 15.9. The summed E-state index contributed by atoms with van der Waals surface area (Å²) in [5, 5.41) is 19.6. The van der Waals surface area contributed by atoms with Crippen LogP contribution in [-0.4, -0.2) is 16.6 Å². The summed E-state index contributed by atoms with van der Waals surface area (Å²) in [5.41, 5.74) is 8.62. The third kappa shape index (κ3) is 1.97. The molecule has 0 aromatic heterocycles. The van der Waals surface area contributed by atoms with E-state index < -0.39 is 5.92 Å². The van der Waals surface area contributed by atoms with Gasteiger partial charge in [0.05, 0.1) is 40.0 Å². The third-order valence-electron chi connectivity index (χ3n) is 3.76. The molecule has 0 saturated carbocycles. The Kier molecular flexibility index (Phi) is 3.40. The number of fused-ring (bicyclic) bond motifs is 1. The van der Waals surface area contributed by atoms with Gasteiger partial charge in [-0.25, -0.2) is 0 Å². The van der Waals surface area contributed by atoms with Gasteiger partial charge in [0.15, 0.2) is 0 Å². The number of allylic oxidation sites excluding steroid dienone is 2. The van der Waals surface area contributed by atoms with Gasteiger partial charge in [-0.05, 0) is 12.5 Å². The first kappa shape index (κ1) is 14.2. The van der Waals surface area contributed by atoms with Crippen molar-refractivity contribution in [3.63, 3.8) is 0 Å². The number of amides is 1. The van der Waals surface area contributed by atoms with E-state index in [1.165, 1.54) is 16.7 Å². The van der Waals surface area contributed by atoms with Crippen LogP contribution in [0.1, 0.15) is 17.0 Å². The maximum Gasteiger partial charge on any atom is 0.243 e. The lowest BCUT2D eigenvalue weighted by Gasteiger charge is -2.29. The molecule has 0 spiro atoms. The Morgan fingerprint density at radius 1 is 1.23 bits per heavy atom. The zero-order valence-electron chi connectivity index (χ0n) is 11.8. The van der Waals surface area contributed by atoms with Gasteiger partial charge in [0, 0.05) is 0 Å². The van der Waals surface area contributed by atoms with E-state index in [-0.39, 0.29) is 23.1 Å². The van der Waals surface area contributed by atoms with Crippen LogP contribution in [0.5, 0.6) is 0 Å². The number of thioether (sulfide) groups is 1. The number of nitrogens with two attached hydrogens (primary N) is 1. The van der Waals surface area contributed by atoms with Crippen LogP contribution in [0.2, 0.25) is 0 Å². The third-order valence-corrected chi connectivity index (χ3v) is 4.83. The van der Waals surface area contributed by atoms with Crippen LogP contribution in [0.15, 0.2) is 46.3 Å². The second kappa shape index (κ2) is 5.25. The smallest absolute Gasteiger partial charge is 0.243 e. The van der Waals surface area contributed by atoms with Crippen molar-refractivity contribution in [1.82, 2.24) is 4.90 Å². The highest BCUT2D eigenvalue weighted by Gasteiger charge is 2.41. The molecule has 6 heteroatoms. The van der Waals surface area contributed by atoms with Gasteiger partial charge in [0.1, 0.15) is 5.82 Å². The molecule has 2 heterocycles. The highest BCUT2D eigenvalue weighted by atomic mass is 32.2. The van der Waals surface area contributed by atoms with Crippen molar-refractivity contribution in [2.45, 2.75) is 12.8 Å². The van der Waals surface area contributed by atoms with E-state index in [4.69, 9.17) is 5.73 Å². The Morgan fingerprint density at radius 3 is 2.45 bits per heavy atom. The first-order valence-electron chi connectivity index (χ1n) is 6.64. The summed E-state index contributed by atoms with van der Waals surface area (Å²) in [6.45, 7) is 1.97. The number of rotatable bonds is 1. The lowest BCUT2D eigenvalue weighted by molar-refractivity contribution is -0.124. The fraction of sp³-hybridized carbons (Fsp3) is 0.188. The highest BCUT2D eigenvalue weighted by Crippen LogP contribution is 2.46. The molecule has 2 N–H and O–H groups in total. The van der Waals surface area contributed by atoms with E-state index in [9.17, 15) is 15.3 Å².